The molecular weight excluding hydrogens is 472 g/mol. The molecule has 38 heavy (non-hydrogen) atoms. The van der Waals surface area contributed by atoms with Gasteiger partial charge in [-0.1, -0.05) is 12.2 Å². The van der Waals surface area contributed by atoms with Crippen molar-refractivity contribution in [1.29, 1.82) is 0 Å². The number of allylic oxidation sites excluding steroid dienone is 2. The number of Topliss-reactive ketones (excluding diaryl/α,β-unsaturated/α-hetero) is 2. The zero-order valence-corrected chi connectivity index (χ0v) is 22.4. The van der Waals surface area contributed by atoms with Gasteiger partial charge in [-0.25, -0.2) is 0 Å². The highest BCUT2D eigenvalue weighted by atomic mass is 16.2. The van der Waals surface area contributed by atoms with Gasteiger partial charge < -0.3 is 19.9 Å². The fraction of sp³-hybridized carbons (Fsp3) is 0.250. The Morgan fingerprint density at radius 3 is 1.13 bits per heavy atom. The highest BCUT2D eigenvalue weighted by Gasteiger charge is 2.44. The second-order valence-corrected chi connectivity index (χ2v) is 11.0. The quantitative estimate of drug-likeness (QED) is 0.193. The van der Waals surface area contributed by atoms with E-state index in [0.29, 0.717) is 0 Å². The third-order valence-corrected chi connectivity index (χ3v) is 9.14. The van der Waals surface area contributed by atoms with Crippen LogP contribution in [0.5, 0.6) is 0 Å². The minimum Gasteiger partial charge on any atom is -0.355 e. The molecule has 0 radical (unpaired) electrons. The van der Waals surface area contributed by atoms with Crippen LogP contribution < -0.4 is 21.4 Å². The molecule has 0 spiro atoms. The van der Waals surface area contributed by atoms with E-state index in [0.717, 1.165) is 66.4 Å². The van der Waals surface area contributed by atoms with Gasteiger partial charge in [0.25, 0.3) is 0 Å². The SMILES string of the molecule is Cc1c2[nH]c(c1C)C=c1[nH]c(c3c1[C@H]1C=C[C@H]3C(=O)C1=O)=Cc1[nH]c(c(C)c1C)C=c1[nH]c(c(C)c1C)=C2. The Kier molecular flexibility index (Phi) is 4.57. The molecule has 1 aliphatic heterocycles. The first-order chi connectivity index (χ1) is 18.1. The summed E-state index contributed by atoms with van der Waals surface area (Å²) in [6.45, 7) is 12.8. The summed E-state index contributed by atoms with van der Waals surface area (Å²) in [4.78, 5) is 40.3. The van der Waals surface area contributed by atoms with E-state index in [9.17, 15) is 9.59 Å². The fourth-order valence-electron chi connectivity index (χ4n) is 6.28. The van der Waals surface area contributed by atoms with Crippen molar-refractivity contribution >= 4 is 35.9 Å². The van der Waals surface area contributed by atoms with Crippen LogP contribution in [-0.4, -0.2) is 31.5 Å². The smallest absolute Gasteiger partial charge is 0.210 e. The van der Waals surface area contributed by atoms with Crippen LogP contribution in [0.4, 0.5) is 0 Å². The monoisotopic (exact) mass is 502 g/mol. The molecule has 0 aromatic carbocycles. The Bertz CT molecular complexity index is 1890. The molecule has 190 valence electrons. The largest absolute Gasteiger partial charge is 0.355 e. The molecule has 6 heteroatoms. The number of ketones is 2. The van der Waals surface area contributed by atoms with Crippen molar-refractivity contribution in [3.05, 3.63) is 101 Å². The van der Waals surface area contributed by atoms with Gasteiger partial charge >= 0.3 is 0 Å². The van der Waals surface area contributed by atoms with Gasteiger partial charge in [0.2, 0.25) is 11.6 Å². The first kappa shape index (κ1) is 22.8. The first-order valence-corrected chi connectivity index (χ1v) is 13.1. The van der Waals surface area contributed by atoms with Gasteiger partial charge in [-0.05, 0) is 110 Å². The van der Waals surface area contributed by atoms with Gasteiger partial charge in [-0.15, -0.1) is 0 Å². The minimum atomic E-state index is -0.547. The summed E-state index contributed by atoms with van der Waals surface area (Å²) in [6, 6.07) is 0. The number of rotatable bonds is 0. The van der Waals surface area contributed by atoms with Crippen LogP contribution in [0.25, 0.3) is 24.3 Å². The number of hydrogen-bond donors (Lipinski definition) is 4. The molecule has 0 unspecified atom stereocenters. The molecule has 4 aliphatic rings. The van der Waals surface area contributed by atoms with Gasteiger partial charge in [0.15, 0.2) is 0 Å². The number of H-pyrrole nitrogens is 4. The highest BCUT2D eigenvalue weighted by molar-refractivity contribution is 6.44. The number of aromatic nitrogens is 4. The van der Waals surface area contributed by atoms with Gasteiger partial charge in [0.05, 0.1) is 11.8 Å². The predicted octanol–water partition coefficient (Wildman–Crippen LogP) is 2.37. The van der Waals surface area contributed by atoms with Gasteiger partial charge in [-0.3, -0.25) is 9.59 Å². The van der Waals surface area contributed by atoms with Crippen molar-refractivity contribution in [3.63, 3.8) is 0 Å². The van der Waals surface area contributed by atoms with Crippen molar-refractivity contribution < 1.29 is 9.59 Å². The molecule has 0 saturated heterocycles. The van der Waals surface area contributed by atoms with Gasteiger partial charge in [0, 0.05) is 44.2 Å². The van der Waals surface area contributed by atoms with Gasteiger partial charge in [0.1, 0.15) is 0 Å². The lowest BCUT2D eigenvalue weighted by Gasteiger charge is -2.28. The second-order valence-electron chi connectivity index (χ2n) is 11.0. The summed E-state index contributed by atoms with van der Waals surface area (Å²) in [7, 11) is 0. The van der Waals surface area contributed by atoms with E-state index in [1.54, 1.807) is 0 Å². The summed E-state index contributed by atoms with van der Waals surface area (Å²) >= 11 is 0. The van der Waals surface area contributed by atoms with Crippen LogP contribution in [0.2, 0.25) is 0 Å². The summed E-state index contributed by atoms with van der Waals surface area (Å²) in [5.74, 6) is -1.73. The Labute approximate surface area is 219 Å². The van der Waals surface area contributed by atoms with E-state index in [1.165, 1.54) is 22.3 Å². The van der Waals surface area contributed by atoms with Crippen LogP contribution in [0.15, 0.2) is 12.2 Å². The fourth-order valence-corrected chi connectivity index (χ4v) is 6.28. The maximum Gasteiger partial charge on any atom is 0.210 e. The number of carbonyl (C=O) groups is 2. The lowest BCUT2D eigenvalue weighted by molar-refractivity contribution is -0.138. The Morgan fingerprint density at radius 1 is 0.447 bits per heavy atom. The normalized spacial score (nSPS) is 19.1. The molecule has 4 aromatic heterocycles. The zero-order chi connectivity index (χ0) is 26.6. The first-order valence-electron chi connectivity index (χ1n) is 13.1. The third-order valence-electron chi connectivity index (χ3n) is 9.14. The molecule has 10 bridgehead atoms. The molecule has 2 atom stereocenters. The van der Waals surface area contributed by atoms with Crippen LogP contribution in [0.1, 0.15) is 79.1 Å². The van der Waals surface area contributed by atoms with Crippen molar-refractivity contribution in [2.45, 2.75) is 53.4 Å². The van der Waals surface area contributed by atoms with Crippen LogP contribution in [0, 0.1) is 41.5 Å². The molecule has 0 saturated carbocycles. The topological polar surface area (TPSA) is 97.3 Å². The summed E-state index contributed by atoms with van der Waals surface area (Å²) in [5, 5.41) is 3.90. The molecule has 6 nitrogen and oxygen atoms in total. The highest BCUT2D eigenvalue weighted by Crippen LogP contribution is 2.38. The van der Waals surface area contributed by atoms with Crippen molar-refractivity contribution in [2.75, 3.05) is 0 Å². The standard InChI is InChI=1S/C32H30N4O2/c1-13-14(2)22-10-24-16(4)18(6)26(35-24)12-28-30-20-8-7-19(31(37)32(20)38)29(30)27(36-28)11-25-17(5)15(3)23(34-25)9-21(13)33-22/h7-12,19-20,33-36H,1-6H3/t19-,20-/m1/s1. The van der Waals surface area contributed by atoms with Crippen molar-refractivity contribution in [2.24, 2.45) is 0 Å². The maximum absolute atomic E-state index is 12.9. The van der Waals surface area contributed by atoms with E-state index >= 15 is 0 Å². The number of hydrogen-bond acceptors (Lipinski definition) is 2. The van der Waals surface area contributed by atoms with Crippen molar-refractivity contribution in [1.82, 2.24) is 19.9 Å². The maximum atomic E-state index is 12.9. The van der Waals surface area contributed by atoms with Crippen molar-refractivity contribution in [3.8, 4) is 0 Å². The van der Waals surface area contributed by atoms with Gasteiger partial charge in [-0.2, -0.15) is 0 Å². The lowest BCUT2D eigenvalue weighted by atomic mass is 9.71. The molecular formula is C32H30N4O2. The molecule has 5 heterocycles. The lowest BCUT2D eigenvalue weighted by Crippen LogP contribution is -2.39. The average Bonchev–Trinajstić information content (AvgIpc) is 3.56. The zero-order valence-electron chi connectivity index (χ0n) is 22.4. The Morgan fingerprint density at radius 2 is 0.763 bits per heavy atom. The van der Waals surface area contributed by atoms with Crippen LogP contribution >= 0.6 is 0 Å². The van der Waals surface area contributed by atoms with E-state index in [2.05, 4.69) is 85.8 Å². The van der Waals surface area contributed by atoms with E-state index in [4.69, 9.17) is 0 Å². The van der Waals surface area contributed by atoms with Crippen LogP contribution in [-0.2, 0) is 9.59 Å². The third kappa shape index (κ3) is 2.94. The van der Waals surface area contributed by atoms with E-state index in [1.807, 2.05) is 12.2 Å². The Balaban J connectivity index is 1.64. The predicted molar refractivity (Wildman–Crippen MR) is 149 cm³/mol. The Hall–Kier alpha value is -4.32. The molecule has 3 aliphatic carbocycles. The number of fused-ring (bicyclic) bond motifs is 9. The number of carbonyl (C=O) groups excluding carboxylic acids is 2. The summed E-state index contributed by atoms with van der Waals surface area (Å²) in [5.41, 5.74) is 13.0. The van der Waals surface area contributed by atoms with Crippen LogP contribution in [0.3, 0.4) is 0 Å². The number of aromatic amines is 4. The molecule has 8 rings (SSSR count). The molecule has 0 fully saturated rings. The molecule has 4 N–H and O–H groups in total. The average molecular weight is 503 g/mol. The molecule has 0 amide bonds. The van der Waals surface area contributed by atoms with E-state index < -0.39 is 11.8 Å². The summed E-state index contributed by atoms with van der Waals surface area (Å²) < 4.78 is 0. The summed E-state index contributed by atoms with van der Waals surface area (Å²) in [6.07, 6.45) is 12.3. The number of nitrogens with one attached hydrogen (secondary N) is 4. The molecule has 4 aromatic rings. The minimum absolute atomic E-state index is 0.318. The van der Waals surface area contributed by atoms with E-state index in [-0.39, 0.29) is 11.6 Å². The second kappa shape index (κ2) is 7.60.